The highest BCUT2D eigenvalue weighted by atomic mass is 15.1. The van der Waals surface area contributed by atoms with E-state index >= 15 is 0 Å². The highest BCUT2D eigenvalue weighted by Gasteiger charge is 2.11. The number of hydrogen-bond donors (Lipinski definition) is 0. The largest absolute Gasteiger partial charge is 0.341 e. The van der Waals surface area contributed by atoms with Crippen LogP contribution in [0.15, 0.2) is 42.5 Å². The van der Waals surface area contributed by atoms with Gasteiger partial charge in [0.15, 0.2) is 0 Å². The third kappa shape index (κ3) is 2.77. The van der Waals surface area contributed by atoms with E-state index in [1.54, 1.807) is 0 Å². The minimum atomic E-state index is 0.716. The maximum atomic E-state index is 9.27. The summed E-state index contributed by atoms with van der Waals surface area (Å²) >= 11 is 0. The lowest BCUT2D eigenvalue weighted by atomic mass is 10.1. The Morgan fingerprint density at radius 2 is 1.63 bits per heavy atom. The number of nitriles is 1. The first-order valence-electron chi connectivity index (χ1n) is 6.50. The summed E-state index contributed by atoms with van der Waals surface area (Å²) < 4.78 is 0. The summed E-state index contributed by atoms with van der Waals surface area (Å²) in [6, 6.07) is 16.6. The van der Waals surface area contributed by atoms with Gasteiger partial charge < -0.3 is 4.90 Å². The molecule has 0 spiro atoms. The second-order valence-electron chi connectivity index (χ2n) is 4.71. The Hall–Kier alpha value is -2.27. The van der Waals surface area contributed by atoms with Crippen molar-refractivity contribution in [1.82, 2.24) is 0 Å². The van der Waals surface area contributed by atoms with Crippen LogP contribution in [0.1, 0.15) is 23.6 Å². The Morgan fingerprint density at radius 1 is 1.00 bits per heavy atom. The molecule has 0 saturated heterocycles. The molecule has 0 amide bonds. The van der Waals surface area contributed by atoms with Gasteiger partial charge in [-0.1, -0.05) is 23.8 Å². The summed E-state index contributed by atoms with van der Waals surface area (Å²) in [5.41, 5.74) is 5.22. The van der Waals surface area contributed by atoms with Crippen LogP contribution in [0.2, 0.25) is 0 Å². The SMILES string of the molecule is CCN(c1ccc(C)cc1)c1cc(C)ccc1C#N. The molecule has 0 aliphatic rings. The number of anilines is 2. The van der Waals surface area contributed by atoms with Gasteiger partial charge in [-0.3, -0.25) is 0 Å². The van der Waals surface area contributed by atoms with Crippen molar-refractivity contribution >= 4 is 11.4 Å². The van der Waals surface area contributed by atoms with E-state index in [9.17, 15) is 5.26 Å². The Morgan fingerprint density at radius 3 is 2.21 bits per heavy atom. The highest BCUT2D eigenvalue weighted by Crippen LogP contribution is 2.29. The molecular weight excluding hydrogens is 232 g/mol. The van der Waals surface area contributed by atoms with Crippen molar-refractivity contribution in [3.8, 4) is 6.07 Å². The van der Waals surface area contributed by atoms with E-state index in [1.807, 2.05) is 19.1 Å². The van der Waals surface area contributed by atoms with E-state index in [2.05, 4.69) is 55.1 Å². The van der Waals surface area contributed by atoms with Crippen molar-refractivity contribution in [1.29, 1.82) is 5.26 Å². The second-order valence-corrected chi connectivity index (χ2v) is 4.71. The number of benzene rings is 2. The minimum Gasteiger partial charge on any atom is -0.341 e. The van der Waals surface area contributed by atoms with Crippen LogP contribution in [0.4, 0.5) is 11.4 Å². The van der Waals surface area contributed by atoms with Crippen LogP contribution in [0, 0.1) is 25.2 Å². The van der Waals surface area contributed by atoms with Gasteiger partial charge >= 0.3 is 0 Å². The summed E-state index contributed by atoms with van der Waals surface area (Å²) in [7, 11) is 0. The Bertz CT molecular complexity index is 606. The molecule has 0 atom stereocenters. The zero-order chi connectivity index (χ0) is 13.8. The molecule has 2 aromatic rings. The lowest BCUT2D eigenvalue weighted by Gasteiger charge is -2.25. The standard InChI is InChI=1S/C17H18N2/c1-4-19(16-9-6-13(2)7-10-16)17-11-14(3)5-8-15(17)12-18/h5-11H,4H2,1-3H3. The summed E-state index contributed by atoms with van der Waals surface area (Å²) in [6.07, 6.45) is 0. The number of nitrogens with zero attached hydrogens (tertiary/aromatic N) is 2. The van der Waals surface area contributed by atoms with Gasteiger partial charge in [0, 0.05) is 12.2 Å². The fraction of sp³-hybridized carbons (Fsp3) is 0.235. The van der Waals surface area contributed by atoms with E-state index in [0.29, 0.717) is 5.56 Å². The smallest absolute Gasteiger partial charge is 0.101 e. The van der Waals surface area contributed by atoms with Crippen LogP contribution in [0.5, 0.6) is 0 Å². The van der Waals surface area contributed by atoms with Crippen molar-refractivity contribution in [3.63, 3.8) is 0 Å². The third-order valence-corrected chi connectivity index (χ3v) is 3.23. The maximum absolute atomic E-state index is 9.27. The monoisotopic (exact) mass is 250 g/mol. The molecule has 0 radical (unpaired) electrons. The zero-order valence-corrected chi connectivity index (χ0v) is 11.6. The van der Waals surface area contributed by atoms with Gasteiger partial charge in [-0.25, -0.2) is 0 Å². The number of rotatable bonds is 3. The molecular formula is C17H18N2. The van der Waals surface area contributed by atoms with Crippen LogP contribution >= 0.6 is 0 Å². The third-order valence-electron chi connectivity index (χ3n) is 3.23. The summed E-state index contributed by atoms with van der Waals surface area (Å²) in [5.74, 6) is 0. The van der Waals surface area contributed by atoms with E-state index in [1.165, 1.54) is 11.1 Å². The maximum Gasteiger partial charge on any atom is 0.101 e. The zero-order valence-electron chi connectivity index (χ0n) is 11.6. The van der Waals surface area contributed by atoms with Gasteiger partial charge in [0.2, 0.25) is 0 Å². The normalized spacial score (nSPS) is 10.0. The molecule has 0 aliphatic heterocycles. The fourth-order valence-electron chi connectivity index (χ4n) is 2.18. The molecule has 0 heterocycles. The molecule has 0 unspecified atom stereocenters. The first-order valence-corrected chi connectivity index (χ1v) is 6.50. The van der Waals surface area contributed by atoms with Crippen molar-refractivity contribution in [2.45, 2.75) is 20.8 Å². The molecule has 2 rings (SSSR count). The predicted octanol–water partition coefficient (Wildman–Crippen LogP) is 4.33. The van der Waals surface area contributed by atoms with Crippen LogP contribution in [0.25, 0.3) is 0 Å². The van der Waals surface area contributed by atoms with Gasteiger partial charge in [-0.2, -0.15) is 5.26 Å². The van der Waals surface area contributed by atoms with Crippen molar-refractivity contribution in [2.24, 2.45) is 0 Å². The van der Waals surface area contributed by atoms with Crippen LogP contribution in [-0.4, -0.2) is 6.54 Å². The van der Waals surface area contributed by atoms with E-state index in [4.69, 9.17) is 0 Å². The van der Waals surface area contributed by atoms with Gasteiger partial charge in [-0.05, 0) is 50.6 Å². The van der Waals surface area contributed by atoms with Gasteiger partial charge in [0.05, 0.1) is 11.3 Å². The molecule has 19 heavy (non-hydrogen) atoms. The van der Waals surface area contributed by atoms with Crippen LogP contribution in [-0.2, 0) is 0 Å². The van der Waals surface area contributed by atoms with E-state index in [0.717, 1.165) is 17.9 Å². The average Bonchev–Trinajstić information content (AvgIpc) is 2.42. The average molecular weight is 250 g/mol. The van der Waals surface area contributed by atoms with Gasteiger partial charge in [-0.15, -0.1) is 0 Å². The number of hydrogen-bond acceptors (Lipinski definition) is 2. The van der Waals surface area contributed by atoms with E-state index < -0.39 is 0 Å². The Kier molecular flexibility index (Phi) is 3.87. The number of aryl methyl sites for hydroxylation is 2. The Labute approximate surface area is 114 Å². The van der Waals surface area contributed by atoms with Crippen molar-refractivity contribution < 1.29 is 0 Å². The van der Waals surface area contributed by atoms with Crippen molar-refractivity contribution in [2.75, 3.05) is 11.4 Å². The molecule has 0 N–H and O–H groups in total. The lowest BCUT2D eigenvalue weighted by molar-refractivity contribution is 1.02. The van der Waals surface area contributed by atoms with Crippen molar-refractivity contribution in [3.05, 3.63) is 59.2 Å². The topological polar surface area (TPSA) is 27.0 Å². The van der Waals surface area contributed by atoms with Crippen LogP contribution in [0.3, 0.4) is 0 Å². The summed E-state index contributed by atoms with van der Waals surface area (Å²) in [6.45, 7) is 7.06. The molecule has 2 nitrogen and oxygen atoms in total. The molecule has 0 bridgehead atoms. The Balaban J connectivity index is 2.51. The lowest BCUT2D eigenvalue weighted by Crippen LogP contribution is -2.17. The highest BCUT2D eigenvalue weighted by molar-refractivity contribution is 5.70. The molecule has 0 fully saturated rings. The predicted molar refractivity (Wildman–Crippen MR) is 79.8 cm³/mol. The fourth-order valence-corrected chi connectivity index (χ4v) is 2.18. The molecule has 0 aliphatic carbocycles. The minimum absolute atomic E-state index is 0.716. The van der Waals surface area contributed by atoms with Crippen LogP contribution < -0.4 is 4.90 Å². The second kappa shape index (κ2) is 5.58. The quantitative estimate of drug-likeness (QED) is 0.810. The first-order chi connectivity index (χ1) is 9.15. The van der Waals surface area contributed by atoms with E-state index in [-0.39, 0.29) is 0 Å². The first kappa shape index (κ1) is 13.2. The molecule has 0 aromatic heterocycles. The molecule has 0 saturated carbocycles. The van der Waals surface area contributed by atoms with Gasteiger partial charge in [0.1, 0.15) is 6.07 Å². The molecule has 2 aromatic carbocycles. The van der Waals surface area contributed by atoms with Gasteiger partial charge in [0.25, 0.3) is 0 Å². The summed E-state index contributed by atoms with van der Waals surface area (Å²) in [5, 5.41) is 9.27. The molecule has 96 valence electrons. The summed E-state index contributed by atoms with van der Waals surface area (Å²) in [4.78, 5) is 2.17. The molecule has 2 heteroatoms.